The van der Waals surface area contributed by atoms with Gasteiger partial charge in [-0.15, -0.1) is 11.8 Å². The summed E-state index contributed by atoms with van der Waals surface area (Å²) in [6, 6.07) is 13.8. The Morgan fingerprint density at radius 2 is 2.07 bits per heavy atom. The van der Waals surface area contributed by atoms with Crippen molar-refractivity contribution in [3.8, 4) is 0 Å². The highest BCUT2D eigenvalue weighted by Gasteiger charge is 2.20. The minimum absolute atomic E-state index is 0.0530. The molecule has 0 fully saturated rings. The maximum absolute atomic E-state index is 13.2. The molecule has 0 atom stereocenters. The fraction of sp³-hybridized carbons (Fsp3) is 0.227. The third-order valence-electron chi connectivity index (χ3n) is 4.73. The molecule has 5 nitrogen and oxygen atoms in total. The molecule has 154 valence electrons. The number of carbonyl (C=O) groups is 1. The van der Waals surface area contributed by atoms with Crippen molar-refractivity contribution < 1.29 is 4.79 Å². The highest BCUT2D eigenvalue weighted by molar-refractivity contribution is 8.00. The number of thioether (sulfide) groups is 1. The van der Waals surface area contributed by atoms with Gasteiger partial charge in [0.25, 0.3) is 0 Å². The van der Waals surface area contributed by atoms with E-state index in [4.69, 9.17) is 16.6 Å². The van der Waals surface area contributed by atoms with Crippen LogP contribution in [0.1, 0.15) is 12.0 Å². The second-order valence-corrected chi connectivity index (χ2v) is 9.28. The SMILES string of the molecule is Cc1c(Cl)ccc2sc(N(CCCn3ccnc3)C(=O)CSc3ccccc3)nc12. The number of carbonyl (C=O) groups excluding carboxylic acids is 1. The van der Waals surface area contributed by atoms with E-state index in [0.717, 1.165) is 38.8 Å². The standard InChI is InChI=1S/C22H21ClN4OS2/c1-16-18(23)8-9-19-21(16)25-22(30-19)27(12-5-11-26-13-10-24-15-26)20(28)14-29-17-6-3-2-4-7-17/h2-4,6-10,13,15H,5,11-12,14H2,1H3. The summed E-state index contributed by atoms with van der Waals surface area (Å²) in [5.74, 6) is 0.419. The fourth-order valence-corrected chi connectivity index (χ4v) is 5.12. The highest BCUT2D eigenvalue weighted by Crippen LogP contribution is 2.34. The number of aromatic nitrogens is 3. The van der Waals surface area contributed by atoms with E-state index in [1.807, 2.05) is 65.1 Å². The number of nitrogens with zero attached hydrogens (tertiary/aromatic N) is 4. The van der Waals surface area contributed by atoms with Crippen molar-refractivity contribution in [2.75, 3.05) is 17.2 Å². The van der Waals surface area contributed by atoms with Crippen molar-refractivity contribution >= 4 is 56.0 Å². The molecule has 4 rings (SSSR count). The summed E-state index contributed by atoms with van der Waals surface area (Å²) < 4.78 is 3.05. The van der Waals surface area contributed by atoms with Crippen LogP contribution in [0.15, 0.2) is 66.1 Å². The number of anilines is 1. The van der Waals surface area contributed by atoms with E-state index in [0.29, 0.717) is 17.3 Å². The van der Waals surface area contributed by atoms with Gasteiger partial charge >= 0.3 is 0 Å². The van der Waals surface area contributed by atoms with Gasteiger partial charge in [0.1, 0.15) is 0 Å². The van der Waals surface area contributed by atoms with Gasteiger partial charge in [0.15, 0.2) is 5.13 Å². The number of hydrogen-bond acceptors (Lipinski definition) is 5. The van der Waals surface area contributed by atoms with Crippen molar-refractivity contribution in [1.29, 1.82) is 0 Å². The summed E-state index contributed by atoms with van der Waals surface area (Å²) in [6.45, 7) is 3.36. The van der Waals surface area contributed by atoms with Gasteiger partial charge in [0, 0.05) is 35.4 Å². The molecule has 0 bridgehead atoms. The molecular weight excluding hydrogens is 436 g/mol. The Hall–Kier alpha value is -2.35. The van der Waals surface area contributed by atoms with Crippen LogP contribution in [0.4, 0.5) is 5.13 Å². The number of aryl methyl sites for hydroxylation is 2. The number of benzene rings is 2. The van der Waals surface area contributed by atoms with E-state index < -0.39 is 0 Å². The normalized spacial score (nSPS) is 11.1. The molecule has 30 heavy (non-hydrogen) atoms. The summed E-state index contributed by atoms with van der Waals surface area (Å²) in [5.41, 5.74) is 1.81. The molecule has 0 saturated heterocycles. The smallest absolute Gasteiger partial charge is 0.239 e. The minimum atomic E-state index is 0.0530. The summed E-state index contributed by atoms with van der Waals surface area (Å²) in [4.78, 5) is 24.9. The second-order valence-electron chi connectivity index (χ2n) is 6.82. The quantitative estimate of drug-likeness (QED) is 0.320. The summed E-state index contributed by atoms with van der Waals surface area (Å²) in [5, 5.41) is 1.41. The van der Waals surface area contributed by atoms with Crippen LogP contribution in [-0.4, -0.2) is 32.7 Å². The fourth-order valence-electron chi connectivity index (χ4n) is 3.10. The first-order valence-electron chi connectivity index (χ1n) is 9.61. The molecule has 4 aromatic rings. The van der Waals surface area contributed by atoms with Crippen LogP contribution in [-0.2, 0) is 11.3 Å². The lowest BCUT2D eigenvalue weighted by Gasteiger charge is -2.20. The van der Waals surface area contributed by atoms with Crippen LogP contribution in [0.2, 0.25) is 5.02 Å². The number of amides is 1. The number of rotatable bonds is 8. The first kappa shape index (κ1) is 20.9. The average molecular weight is 457 g/mol. The van der Waals surface area contributed by atoms with Crippen LogP contribution in [0, 0.1) is 6.92 Å². The Balaban J connectivity index is 1.54. The molecule has 2 aromatic carbocycles. The zero-order valence-corrected chi connectivity index (χ0v) is 18.9. The number of imidazole rings is 1. The Morgan fingerprint density at radius 3 is 2.83 bits per heavy atom. The molecular formula is C22H21ClN4OS2. The number of thiazole rings is 1. The number of halogens is 1. The van der Waals surface area contributed by atoms with Crippen LogP contribution in [0.25, 0.3) is 10.2 Å². The molecule has 0 aliphatic heterocycles. The van der Waals surface area contributed by atoms with Crippen LogP contribution < -0.4 is 4.90 Å². The van der Waals surface area contributed by atoms with E-state index in [-0.39, 0.29) is 5.91 Å². The van der Waals surface area contributed by atoms with Gasteiger partial charge in [0.05, 0.1) is 22.3 Å². The van der Waals surface area contributed by atoms with Gasteiger partial charge < -0.3 is 4.57 Å². The maximum atomic E-state index is 13.2. The Bertz CT molecular complexity index is 1130. The molecule has 2 heterocycles. The lowest BCUT2D eigenvalue weighted by Crippen LogP contribution is -2.33. The largest absolute Gasteiger partial charge is 0.337 e. The molecule has 8 heteroatoms. The third-order valence-corrected chi connectivity index (χ3v) is 7.18. The topological polar surface area (TPSA) is 51.0 Å². The molecule has 0 aliphatic rings. The first-order valence-corrected chi connectivity index (χ1v) is 11.8. The molecule has 0 aliphatic carbocycles. The van der Waals surface area contributed by atoms with Gasteiger partial charge in [-0.1, -0.05) is 41.1 Å². The van der Waals surface area contributed by atoms with Gasteiger partial charge in [-0.2, -0.15) is 0 Å². The number of hydrogen-bond donors (Lipinski definition) is 0. The van der Waals surface area contributed by atoms with Gasteiger partial charge in [-0.25, -0.2) is 9.97 Å². The monoisotopic (exact) mass is 456 g/mol. The summed E-state index contributed by atoms with van der Waals surface area (Å²) in [6.07, 6.45) is 6.30. The zero-order chi connectivity index (χ0) is 20.9. The average Bonchev–Trinajstić information content (AvgIpc) is 3.43. The maximum Gasteiger partial charge on any atom is 0.239 e. The van der Waals surface area contributed by atoms with Crippen molar-refractivity contribution in [1.82, 2.24) is 14.5 Å². The molecule has 0 spiro atoms. The summed E-state index contributed by atoms with van der Waals surface area (Å²) in [7, 11) is 0. The number of fused-ring (bicyclic) bond motifs is 1. The Morgan fingerprint density at radius 1 is 1.23 bits per heavy atom. The predicted molar refractivity (Wildman–Crippen MR) is 126 cm³/mol. The molecule has 2 aromatic heterocycles. The zero-order valence-electron chi connectivity index (χ0n) is 16.5. The Kier molecular flexibility index (Phi) is 6.72. The molecule has 0 radical (unpaired) electrons. The summed E-state index contributed by atoms with van der Waals surface area (Å²) >= 11 is 9.35. The lowest BCUT2D eigenvalue weighted by molar-refractivity contribution is -0.116. The van der Waals surface area contributed by atoms with E-state index in [1.54, 1.807) is 24.3 Å². The third kappa shape index (κ3) is 4.86. The van der Waals surface area contributed by atoms with Crippen molar-refractivity contribution in [3.05, 3.63) is 71.8 Å². The van der Waals surface area contributed by atoms with Crippen LogP contribution in [0.3, 0.4) is 0 Å². The molecule has 0 N–H and O–H groups in total. The highest BCUT2D eigenvalue weighted by atomic mass is 35.5. The lowest BCUT2D eigenvalue weighted by atomic mass is 10.2. The van der Waals surface area contributed by atoms with E-state index in [1.165, 1.54) is 11.3 Å². The van der Waals surface area contributed by atoms with E-state index in [2.05, 4.69) is 4.98 Å². The second kappa shape index (κ2) is 9.64. The van der Waals surface area contributed by atoms with Crippen molar-refractivity contribution in [3.63, 3.8) is 0 Å². The van der Waals surface area contributed by atoms with Crippen molar-refractivity contribution in [2.45, 2.75) is 24.8 Å². The predicted octanol–water partition coefficient (Wildman–Crippen LogP) is 5.67. The molecule has 0 unspecified atom stereocenters. The molecule has 0 saturated carbocycles. The van der Waals surface area contributed by atoms with E-state index in [9.17, 15) is 4.79 Å². The van der Waals surface area contributed by atoms with Crippen LogP contribution in [0.5, 0.6) is 0 Å². The van der Waals surface area contributed by atoms with E-state index >= 15 is 0 Å². The Labute approximate surface area is 188 Å². The van der Waals surface area contributed by atoms with Gasteiger partial charge in [0.2, 0.25) is 5.91 Å². The molecule has 1 amide bonds. The first-order chi connectivity index (χ1) is 14.6. The minimum Gasteiger partial charge on any atom is -0.337 e. The van der Waals surface area contributed by atoms with Crippen molar-refractivity contribution in [2.24, 2.45) is 0 Å². The van der Waals surface area contributed by atoms with Gasteiger partial charge in [-0.05, 0) is 43.2 Å². The van der Waals surface area contributed by atoms with Gasteiger partial charge in [-0.3, -0.25) is 9.69 Å². The van der Waals surface area contributed by atoms with Crippen LogP contribution >= 0.6 is 34.7 Å².